The van der Waals surface area contributed by atoms with E-state index in [9.17, 15) is 4.79 Å². The number of aromatic nitrogens is 2. The molecule has 0 saturated carbocycles. The third-order valence-electron chi connectivity index (χ3n) is 3.86. The first kappa shape index (κ1) is 16.1. The van der Waals surface area contributed by atoms with Crippen LogP contribution < -0.4 is 16.4 Å². The third kappa shape index (κ3) is 3.57. The van der Waals surface area contributed by atoms with E-state index in [0.29, 0.717) is 5.69 Å². The second kappa shape index (κ2) is 7.18. The van der Waals surface area contributed by atoms with E-state index in [1.165, 1.54) is 7.11 Å². The van der Waals surface area contributed by atoms with Crippen molar-refractivity contribution in [3.8, 4) is 11.3 Å². The summed E-state index contributed by atoms with van der Waals surface area (Å²) in [6, 6.07) is 5.46. The maximum Gasteiger partial charge on any atom is 0.411 e. The van der Waals surface area contributed by atoms with Crippen LogP contribution in [0.2, 0.25) is 0 Å². The lowest BCUT2D eigenvalue weighted by molar-refractivity contribution is 0.187. The van der Waals surface area contributed by atoms with Crippen LogP contribution in [0.3, 0.4) is 0 Å². The van der Waals surface area contributed by atoms with E-state index in [0.717, 1.165) is 42.2 Å². The van der Waals surface area contributed by atoms with E-state index in [4.69, 9.17) is 5.73 Å². The molecule has 0 radical (unpaired) electrons. The second-order valence-corrected chi connectivity index (χ2v) is 5.58. The largest absolute Gasteiger partial charge is 0.453 e. The fraction of sp³-hybridized carbons (Fsp3) is 0.294. The van der Waals surface area contributed by atoms with E-state index >= 15 is 0 Å². The number of benzene rings is 1. The number of ether oxygens (including phenoxy) is 1. The number of anilines is 2. The van der Waals surface area contributed by atoms with Crippen LogP contribution in [0.15, 0.2) is 36.5 Å². The first-order chi connectivity index (χ1) is 11.7. The standard InChI is InChI=1S/C17H21N5O2/c1-24-17(23)21-11-6-7-12-14(9-11)19-8-4-2-3-5-13(18)16-20-10-15(12)22-16/h2-3,6-7,9-10,13,19H,4-5,8,18H2,1H3,(H,20,22)(H,21,23)/b3-2+/t13-/m0/s1. The van der Waals surface area contributed by atoms with E-state index < -0.39 is 6.09 Å². The number of aromatic amines is 1. The van der Waals surface area contributed by atoms with Crippen LogP contribution >= 0.6 is 0 Å². The predicted molar refractivity (Wildman–Crippen MR) is 93.8 cm³/mol. The molecule has 3 rings (SSSR count). The average molecular weight is 327 g/mol. The van der Waals surface area contributed by atoms with Crippen LogP contribution in [-0.4, -0.2) is 29.7 Å². The molecule has 1 aliphatic heterocycles. The lowest BCUT2D eigenvalue weighted by Gasteiger charge is -2.13. The molecule has 0 saturated heterocycles. The van der Waals surface area contributed by atoms with Gasteiger partial charge in [-0.1, -0.05) is 12.2 Å². The fourth-order valence-electron chi connectivity index (χ4n) is 2.59. The number of nitrogens with zero attached hydrogens (tertiary/aromatic N) is 1. The van der Waals surface area contributed by atoms with Gasteiger partial charge < -0.3 is 20.8 Å². The Morgan fingerprint density at radius 3 is 3.12 bits per heavy atom. The summed E-state index contributed by atoms with van der Waals surface area (Å²) < 4.78 is 4.63. The molecule has 24 heavy (non-hydrogen) atoms. The number of carbonyl (C=O) groups is 1. The monoisotopic (exact) mass is 327 g/mol. The summed E-state index contributed by atoms with van der Waals surface area (Å²) in [7, 11) is 1.34. The number of imidazole rings is 1. The summed E-state index contributed by atoms with van der Waals surface area (Å²) in [4.78, 5) is 19.2. The van der Waals surface area contributed by atoms with Gasteiger partial charge in [-0.05, 0) is 31.0 Å². The van der Waals surface area contributed by atoms with E-state index in [1.807, 2.05) is 24.4 Å². The smallest absolute Gasteiger partial charge is 0.411 e. The number of rotatable bonds is 1. The number of nitrogens with one attached hydrogen (secondary N) is 3. The Hall–Kier alpha value is -2.80. The number of nitrogens with two attached hydrogens (primary N) is 1. The second-order valence-electron chi connectivity index (χ2n) is 5.58. The zero-order chi connectivity index (χ0) is 16.9. The molecule has 7 nitrogen and oxygen atoms in total. The van der Waals surface area contributed by atoms with E-state index in [1.54, 1.807) is 0 Å². The van der Waals surface area contributed by atoms with E-state index in [-0.39, 0.29) is 6.04 Å². The van der Waals surface area contributed by atoms with Crippen molar-refractivity contribution in [3.63, 3.8) is 0 Å². The summed E-state index contributed by atoms with van der Waals surface area (Å²) in [5.74, 6) is 0.762. The van der Waals surface area contributed by atoms with Crippen LogP contribution in [0.5, 0.6) is 0 Å². The quantitative estimate of drug-likeness (QED) is 0.603. The van der Waals surface area contributed by atoms with Gasteiger partial charge in [-0.2, -0.15) is 0 Å². The Labute approximate surface area is 140 Å². The molecule has 1 aliphatic rings. The highest BCUT2D eigenvalue weighted by Gasteiger charge is 2.14. The molecule has 0 fully saturated rings. The van der Waals surface area contributed by atoms with Crippen molar-refractivity contribution in [1.82, 2.24) is 9.97 Å². The summed E-state index contributed by atoms with van der Waals surface area (Å²) in [6.07, 6.45) is 7.17. The van der Waals surface area contributed by atoms with Gasteiger partial charge in [0.25, 0.3) is 0 Å². The fourth-order valence-corrected chi connectivity index (χ4v) is 2.59. The van der Waals surface area contributed by atoms with Gasteiger partial charge in [0.1, 0.15) is 5.82 Å². The van der Waals surface area contributed by atoms with Crippen molar-refractivity contribution in [2.75, 3.05) is 24.3 Å². The molecule has 5 N–H and O–H groups in total. The molecule has 0 aliphatic carbocycles. The van der Waals surface area contributed by atoms with Crippen LogP contribution in [0.1, 0.15) is 24.7 Å². The minimum Gasteiger partial charge on any atom is -0.453 e. The average Bonchev–Trinajstić information content (AvgIpc) is 3.07. The Balaban J connectivity index is 1.97. The van der Waals surface area contributed by atoms with Crippen LogP contribution in [0.25, 0.3) is 11.3 Å². The van der Waals surface area contributed by atoms with Gasteiger partial charge in [0.05, 0.1) is 18.8 Å². The van der Waals surface area contributed by atoms with Crippen LogP contribution in [0, 0.1) is 0 Å². The van der Waals surface area contributed by atoms with Gasteiger partial charge in [0, 0.05) is 29.7 Å². The molecule has 1 atom stereocenters. The molecule has 2 heterocycles. The number of hydrogen-bond donors (Lipinski definition) is 4. The predicted octanol–water partition coefficient (Wildman–Crippen LogP) is 3.02. The normalized spacial score (nSPS) is 18.3. The highest BCUT2D eigenvalue weighted by atomic mass is 16.5. The molecular formula is C17H21N5O2. The van der Waals surface area contributed by atoms with Crippen LogP contribution in [0.4, 0.5) is 16.2 Å². The first-order valence-corrected chi connectivity index (χ1v) is 7.86. The topological polar surface area (TPSA) is 105 Å². The SMILES string of the molecule is COC(=O)Nc1ccc2c(c1)NCC/C=C/C[C@H](N)c1nc-2c[nH]1. The number of methoxy groups -OCH3 is 1. The van der Waals surface area contributed by atoms with Crippen molar-refractivity contribution in [3.05, 3.63) is 42.4 Å². The molecule has 2 aromatic rings. The maximum absolute atomic E-state index is 11.4. The molecule has 1 amide bonds. The Kier molecular flexibility index (Phi) is 4.81. The summed E-state index contributed by atoms with van der Waals surface area (Å²) in [6.45, 7) is 0.775. The van der Waals surface area contributed by atoms with Gasteiger partial charge in [-0.3, -0.25) is 5.32 Å². The molecule has 1 aromatic carbocycles. The zero-order valence-electron chi connectivity index (χ0n) is 13.5. The third-order valence-corrected chi connectivity index (χ3v) is 3.86. The molecular weight excluding hydrogens is 306 g/mol. The van der Waals surface area contributed by atoms with Crippen molar-refractivity contribution >= 4 is 17.5 Å². The summed E-state index contributed by atoms with van der Waals surface area (Å²) in [5, 5.41) is 6.07. The molecule has 1 aromatic heterocycles. The van der Waals surface area contributed by atoms with Gasteiger partial charge in [-0.25, -0.2) is 9.78 Å². The maximum atomic E-state index is 11.4. The summed E-state index contributed by atoms with van der Waals surface area (Å²) >= 11 is 0. The molecule has 0 spiro atoms. The minimum atomic E-state index is -0.501. The number of H-pyrrole nitrogens is 1. The van der Waals surface area contributed by atoms with E-state index in [2.05, 4.69) is 37.5 Å². The molecule has 0 unspecified atom stereocenters. The lowest BCUT2D eigenvalue weighted by Crippen LogP contribution is -2.12. The zero-order valence-corrected chi connectivity index (χ0v) is 13.5. The van der Waals surface area contributed by atoms with Gasteiger partial charge in [0.2, 0.25) is 0 Å². The molecule has 7 heteroatoms. The van der Waals surface area contributed by atoms with Gasteiger partial charge >= 0.3 is 6.09 Å². The molecule has 2 bridgehead atoms. The van der Waals surface area contributed by atoms with Crippen molar-refractivity contribution in [2.45, 2.75) is 18.9 Å². The van der Waals surface area contributed by atoms with Crippen molar-refractivity contribution < 1.29 is 9.53 Å². The number of amides is 1. The lowest BCUT2D eigenvalue weighted by atomic mass is 10.1. The van der Waals surface area contributed by atoms with Crippen LogP contribution in [-0.2, 0) is 4.74 Å². The Morgan fingerprint density at radius 2 is 2.29 bits per heavy atom. The molecule has 126 valence electrons. The van der Waals surface area contributed by atoms with Gasteiger partial charge in [-0.15, -0.1) is 0 Å². The first-order valence-electron chi connectivity index (χ1n) is 7.86. The summed E-state index contributed by atoms with van der Waals surface area (Å²) in [5.41, 5.74) is 9.47. The number of carbonyl (C=O) groups excluding carboxylic acids is 1. The Morgan fingerprint density at radius 1 is 1.42 bits per heavy atom. The Bertz CT molecular complexity index is 753. The number of hydrogen-bond acceptors (Lipinski definition) is 5. The van der Waals surface area contributed by atoms with Crippen molar-refractivity contribution in [1.29, 1.82) is 0 Å². The highest BCUT2D eigenvalue weighted by molar-refractivity contribution is 5.87. The van der Waals surface area contributed by atoms with Gasteiger partial charge in [0.15, 0.2) is 0 Å². The number of fused-ring (bicyclic) bond motifs is 4. The highest BCUT2D eigenvalue weighted by Crippen LogP contribution is 2.31. The van der Waals surface area contributed by atoms with Crippen molar-refractivity contribution in [2.24, 2.45) is 5.73 Å². The minimum absolute atomic E-state index is 0.147.